The molecular weight excluding hydrogens is 480 g/mol. The Morgan fingerprint density at radius 1 is 0.425 bits per heavy atom. The third-order valence-corrected chi connectivity index (χ3v) is 8.86. The van der Waals surface area contributed by atoms with Gasteiger partial charge in [0.05, 0.1) is 5.41 Å². The highest BCUT2D eigenvalue weighted by Gasteiger charge is 2.46. The zero-order chi connectivity index (χ0) is 26.7. The van der Waals surface area contributed by atoms with E-state index in [2.05, 4.69) is 159 Å². The molecule has 0 spiro atoms. The van der Waals surface area contributed by atoms with Crippen molar-refractivity contribution in [3.63, 3.8) is 0 Å². The molecule has 1 aliphatic rings. The van der Waals surface area contributed by atoms with Gasteiger partial charge in [-0.25, -0.2) is 0 Å². The van der Waals surface area contributed by atoms with Gasteiger partial charge in [0.1, 0.15) is 0 Å². The normalized spacial score (nSPS) is 15.7. The molecule has 0 saturated heterocycles. The zero-order valence-electron chi connectivity index (χ0n) is 22.4. The summed E-state index contributed by atoms with van der Waals surface area (Å²) in [4.78, 5) is 0. The molecule has 0 heteroatoms. The second-order valence-electron chi connectivity index (χ2n) is 11.0. The number of fused-ring (bicyclic) bond motifs is 6. The third kappa shape index (κ3) is 3.20. The van der Waals surface area contributed by atoms with Gasteiger partial charge in [0.2, 0.25) is 0 Å². The van der Waals surface area contributed by atoms with Crippen molar-refractivity contribution in [1.29, 1.82) is 0 Å². The van der Waals surface area contributed by atoms with Gasteiger partial charge in [-0.05, 0) is 84.6 Å². The van der Waals surface area contributed by atoms with Gasteiger partial charge in [0.15, 0.2) is 0 Å². The lowest BCUT2D eigenvalue weighted by atomic mass is 9.67. The van der Waals surface area contributed by atoms with Gasteiger partial charge < -0.3 is 0 Å². The average Bonchev–Trinajstić information content (AvgIpc) is 3.33. The summed E-state index contributed by atoms with van der Waals surface area (Å²) in [7, 11) is 0. The molecule has 0 aromatic heterocycles. The number of hydrogen-bond donors (Lipinski definition) is 0. The Balaban J connectivity index is 1.40. The van der Waals surface area contributed by atoms with E-state index in [0.29, 0.717) is 0 Å². The molecule has 1 atom stereocenters. The lowest BCUT2D eigenvalue weighted by Crippen LogP contribution is -2.28. The van der Waals surface area contributed by atoms with Crippen molar-refractivity contribution >= 4 is 21.5 Å². The first-order valence-corrected chi connectivity index (χ1v) is 14.0. The summed E-state index contributed by atoms with van der Waals surface area (Å²) in [5.41, 5.74) is 11.4. The summed E-state index contributed by atoms with van der Waals surface area (Å²) in [5, 5.41) is 5.16. The van der Waals surface area contributed by atoms with Crippen LogP contribution in [0.1, 0.15) is 27.8 Å². The van der Waals surface area contributed by atoms with E-state index >= 15 is 0 Å². The fourth-order valence-electron chi connectivity index (χ4n) is 7.09. The van der Waals surface area contributed by atoms with Crippen LogP contribution in [-0.2, 0) is 5.41 Å². The minimum Gasteiger partial charge on any atom is -0.0622 e. The van der Waals surface area contributed by atoms with Crippen LogP contribution in [-0.4, -0.2) is 0 Å². The number of rotatable bonds is 3. The first-order valence-electron chi connectivity index (χ1n) is 14.0. The Kier molecular flexibility index (Phi) is 5.06. The van der Waals surface area contributed by atoms with E-state index in [1.54, 1.807) is 0 Å². The van der Waals surface area contributed by atoms with Crippen LogP contribution < -0.4 is 0 Å². The molecule has 0 radical (unpaired) electrons. The Labute approximate surface area is 235 Å². The maximum absolute atomic E-state index is 2.37. The third-order valence-electron chi connectivity index (χ3n) is 8.86. The van der Waals surface area contributed by atoms with E-state index < -0.39 is 5.41 Å². The van der Waals surface area contributed by atoms with E-state index in [4.69, 9.17) is 0 Å². The Hall–Kier alpha value is -4.94. The van der Waals surface area contributed by atoms with Crippen LogP contribution in [0.15, 0.2) is 152 Å². The molecule has 8 rings (SSSR count). The van der Waals surface area contributed by atoms with Gasteiger partial charge in [-0.3, -0.25) is 0 Å². The highest BCUT2D eigenvalue weighted by Crippen LogP contribution is 2.57. The lowest BCUT2D eigenvalue weighted by Gasteiger charge is -2.34. The Bertz CT molecular complexity index is 2050. The molecule has 0 heterocycles. The van der Waals surface area contributed by atoms with Crippen LogP contribution in [0.2, 0.25) is 0 Å². The van der Waals surface area contributed by atoms with Gasteiger partial charge in [0.25, 0.3) is 0 Å². The SMILES string of the molecule is Cc1cc2ccccc2cc1-c1ccc(C2(c3ccccc3)c3ccccc3-c3c2ccc2ccccc32)cc1. The first-order chi connectivity index (χ1) is 19.7. The lowest BCUT2D eigenvalue weighted by molar-refractivity contribution is 0.769. The van der Waals surface area contributed by atoms with E-state index in [-0.39, 0.29) is 0 Å². The molecule has 40 heavy (non-hydrogen) atoms. The maximum Gasteiger partial charge on any atom is 0.0713 e. The van der Waals surface area contributed by atoms with Crippen molar-refractivity contribution in [2.24, 2.45) is 0 Å². The molecule has 0 bridgehead atoms. The molecule has 7 aromatic carbocycles. The predicted octanol–water partition coefficient (Wildman–Crippen LogP) is 10.3. The van der Waals surface area contributed by atoms with Crippen LogP contribution in [0.4, 0.5) is 0 Å². The average molecular weight is 509 g/mol. The molecule has 0 fully saturated rings. The second kappa shape index (κ2) is 8.79. The Morgan fingerprint density at radius 2 is 1.05 bits per heavy atom. The van der Waals surface area contributed by atoms with Crippen LogP contribution in [0.5, 0.6) is 0 Å². The van der Waals surface area contributed by atoms with E-state index in [1.807, 2.05) is 0 Å². The van der Waals surface area contributed by atoms with Crippen LogP contribution in [0, 0.1) is 6.92 Å². The van der Waals surface area contributed by atoms with Gasteiger partial charge >= 0.3 is 0 Å². The predicted molar refractivity (Wildman–Crippen MR) is 169 cm³/mol. The molecule has 1 unspecified atom stereocenters. The highest BCUT2D eigenvalue weighted by atomic mass is 14.5. The molecule has 0 saturated carbocycles. The van der Waals surface area contributed by atoms with Gasteiger partial charge in [-0.2, -0.15) is 0 Å². The summed E-state index contributed by atoms with van der Waals surface area (Å²) >= 11 is 0. The summed E-state index contributed by atoms with van der Waals surface area (Å²) in [5.74, 6) is 0. The summed E-state index contributed by atoms with van der Waals surface area (Å²) in [6.07, 6.45) is 0. The zero-order valence-corrected chi connectivity index (χ0v) is 22.4. The monoisotopic (exact) mass is 508 g/mol. The van der Waals surface area contributed by atoms with E-state index in [0.717, 1.165) is 0 Å². The summed E-state index contributed by atoms with van der Waals surface area (Å²) < 4.78 is 0. The van der Waals surface area contributed by atoms with Crippen LogP contribution in [0.3, 0.4) is 0 Å². The molecule has 0 nitrogen and oxygen atoms in total. The van der Waals surface area contributed by atoms with Gasteiger partial charge in [-0.15, -0.1) is 0 Å². The smallest absolute Gasteiger partial charge is 0.0622 e. The fourth-order valence-corrected chi connectivity index (χ4v) is 7.09. The van der Waals surface area contributed by atoms with E-state index in [9.17, 15) is 0 Å². The molecule has 0 amide bonds. The molecule has 0 aliphatic heterocycles. The van der Waals surface area contributed by atoms with Crippen molar-refractivity contribution in [2.75, 3.05) is 0 Å². The quantitative estimate of drug-likeness (QED) is 0.223. The van der Waals surface area contributed by atoms with Crippen molar-refractivity contribution in [3.05, 3.63) is 179 Å². The molecule has 188 valence electrons. The largest absolute Gasteiger partial charge is 0.0713 e. The first kappa shape index (κ1) is 23.0. The van der Waals surface area contributed by atoms with Crippen molar-refractivity contribution in [2.45, 2.75) is 12.3 Å². The fraction of sp³-hybridized carbons (Fsp3) is 0.0500. The topological polar surface area (TPSA) is 0 Å². The second-order valence-corrected chi connectivity index (χ2v) is 11.0. The maximum atomic E-state index is 2.37. The number of aryl methyl sites for hydroxylation is 1. The summed E-state index contributed by atoms with van der Waals surface area (Å²) in [6.45, 7) is 2.22. The molecular formula is C40H28. The van der Waals surface area contributed by atoms with Gasteiger partial charge in [-0.1, -0.05) is 146 Å². The minimum absolute atomic E-state index is 0.395. The highest BCUT2D eigenvalue weighted by molar-refractivity contribution is 6.04. The molecule has 1 aliphatic carbocycles. The van der Waals surface area contributed by atoms with Crippen LogP contribution in [0.25, 0.3) is 43.8 Å². The summed E-state index contributed by atoms with van der Waals surface area (Å²) in [6, 6.07) is 56.1. The molecule has 7 aromatic rings. The minimum atomic E-state index is -0.395. The van der Waals surface area contributed by atoms with Crippen molar-refractivity contribution in [3.8, 4) is 22.3 Å². The number of hydrogen-bond acceptors (Lipinski definition) is 0. The molecule has 0 N–H and O–H groups in total. The van der Waals surface area contributed by atoms with E-state index in [1.165, 1.54) is 71.6 Å². The van der Waals surface area contributed by atoms with Crippen molar-refractivity contribution in [1.82, 2.24) is 0 Å². The number of benzene rings is 7. The van der Waals surface area contributed by atoms with Crippen molar-refractivity contribution < 1.29 is 0 Å². The van der Waals surface area contributed by atoms with Crippen LogP contribution >= 0.6 is 0 Å². The van der Waals surface area contributed by atoms with Gasteiger partial charge in [0, 0.05) is 0 Å². The Morgan fingerprint density at radius 3 is 1.85 bits per heavy atom. The standard InChI is InChI=1S/C40H28/c1-27-25-30-12-5-6-13-31(30)26-36(27)29-19-22-33(23-20-29)40(32-14-3-2-4-15-32)37-18-10-9-17-35(37)39-34-16-8-7-11-28(34)21-24-38(39)40/h2-26H,1H3.